The molecule has 0 aromatic rings. The van der Waals surface area contributed by atoms with Crippen molar-refractivity contribution >= 4 is 57.9 Å². The SMILES string of the molecule is CCCCCC/C=C\COC(=O)CCCN(CC(=O)OC(CCCCCCC)CCCCCCC)C(=O)SCCCN(CC)CC.CCCCCC/C=C\COC(=O)CCCN(CCCC(=O)OC(CCCCCC)CCCCCC)C(=O)SCCN(C)C. The first-order valence-corrected chi connectivity index (χ1v) is 38.4. The number of unbranched alkanes of at least 4 members (excludes halogenated alkanes) is 22. The molecule has 0 heterocycles. The summed E-state index contributed by atoms with van der Waals surface area (Å²) in [6.07, 6.45) is 47.8. The van der Waals surface area contributed by atoms with Gasteiger partial charge in [-0.3, -0.25) is 28.8 Å². The molecule has 0 saturated heterocycles. The number of hydrogen-bond donors (Lipinski definition) is 0. The first-order valence-electron chi connectivity index (χ1n) is 36.5. The van der Waals surface area contributed by atoms with E-state index in [2.05, 4.69) is 77.3 Å². The van der Waals surface area contributed by atoms with Crippen LogP contribution in [0.5, 0.6) is 0 Å². The minimum atomic E-state index is -0.337. The number of carbonyl (C=O) groups excluding carboxylic acids is 6. The van der Waals surface area contributed by atoms with Crippen LogP contribution in [-0.4, -0.2) is 157 Å². The third kappa shape index (κ3) is 60.9. The van der Waals surface area contributed by atoms with Crippen LogP contribution in [0.2, 0.25) is 0 Å². The Hall–Kier alpha value is -3.08. The van der Waals surface area contributed by atoms with Gasteiger partial charge in [0.2, 0.25) is 0 Å². The third-order valence-electron chi connectivity index (χ3n) is 15.8. The number of esters is 4. The van der Waals surface area contributed by atoms with E-state index in [1.165, 1.54) is 146 Å². The van der Waals surface area contributed by atoms with Crippen molar-refractivity contribution in [3.8, 4) is 0 Å². The van der Waals surface area contributed by atoms with Gasteiger partial charge in [0.05, 0.1) is 0 Å². The van der Waals surface area contributed by atoms with E-state index in [4.69, 9.17) is 18.9 Å². The molecule has 0 aromatic heterocycles. The monoisotopic (exact) mass is 1290 g/mol. The summed E-state index contributed by atoms with van der Waals surface area (Å²) in [6, 6.07) is 0. The summed E-state index contributed by atoms with van der Waals surface area (Å²) in [5, 5.41) is -0.120. The van der Waals surface area contributed by atoms with Crippen molar-refractivity contribution in [2.45, 2.75) is 318 Å². The lowest BCUT2D eigenvalue weighted by Crippen LogP contribution is -2.36. The molecule has 0 spiro atoms. The minimum absolute atomic E-state index is 0.000633. The Morgan fingerprint density at radius 2 is 0.719 bits per heavy atom. The van der Waals surface area contributed by atoms with Crippen molar-refractivity contribution in [1.29, 1.82) is 0 Å². The lowest BCUT2D eigenvalue weighted by molar-refractivity contribution is -0.151. The second-order valence-electron chi connectivity index (χ2n) is 24.5. The standard InChI is InChI=1S/C38H72N2O5S.C35H66N2O5S/c1-6-11-14-17-18-21-24-32-44-36(41)29-25-31-40(38(43)46-33-26-30-39(9-4)10-5)34-37(42)45-35(27-22-19-15-12-7-2)28-23-20-16-13-8-3;1-6-9-12-15-16-17-20-30-41-33(38)25-21-27-37(35(40)43-31-29-36(4)5)28-22-26-34(39)42-32(23-18-13-10-7-2)24-19-14-11-8-3/h21,24,35H,6-20,22-23,25-34H2,1-5H3;17,20,32H,6-16,18-19,21-31H2,1-5H3/b24-21-;20-17-. The highest BCUT2D eigenvalue weighted by atomic mass is 32.2. The van der Waals surface area contributed by atoms with Gasteiger partial charge in [-0.1, -0.05) is 232 Å². The number of amides is 2. The smallest absolute Gasteiger partial charge is 0.325 e. The highest BCUT2D eigenvalue weighted by Crippen LogP contribution is 2.21. The van der Waals surface area contributed by atoms with E-state index in [1.54, 1.807) is 9.80 Å². The van der Waals surface area contributed by atoms with Gasteiger partial charge in [0.25, 0.3) is 10.5 Å². The zero-order valence-electron chi connectivity index (χ0n) is 59.2. The maximum Gasteiger partial charge on any atom is 0.325 e. The summed E-state index contributed by atoms with van der Waals surface area (Å²) in [4.78, 5) is 84.5. The predicted octanol–water partition coefficient (Wildman–Crippen LogP) is 19.5. The van der Waals surface area contributed by atoms with Gasteiger partial charge < -0.3 is 38.5 Å². The number of thioether (sulfide) groups is 2. The van der Waals surface area contributed by atoms with E-state index in [-0.39, 0.29) is 72.6 Å². The Bertz CT molecular complexity index is 1690. The largest absolute Gasteiger partial charge is 0.462 e. The van der Waals surface area contributed by atoms with Crippen molar-refractivity contribution in [2.24, 2.45) is 0 Å². The normalized spacial score (nSPS) is 11.5. The highest BCUT2D eigenvalue weighted by molar-refractivity contribution is 8.13. The second kappa shape index (κ2) is 67.8. The van der Waals surface area contributed by atoms with E-state index < -0.39 is 0 Å². The topological polar surface area (TPSA) is 152 Å². The number of carbonyl (C=O) groups is 6. The molecule has 0 rings (SSSR count). The number of hydrogen-bond acceptors (Lipinski definition) is 14. The number of allylic oxidation sites excluding steroid dienone is 2. The maximum atomic E-state index is 13.2. The molecule has 0 aliphatic heterocycles. The van der Waals surface area contributed by atoms with Crippen LogP contribution < -0.4 is 0 Å². The molecule has 0 aliphatic carbocycles. The Kier molecular flexibility index (Phi) is 67.0. The third-order valence-corrected chi connectivity index (χ3v) is 17.7. The number of nitrogens with zero attached hydrogens (tertiary/aromatic N) is 4. The van der Waals surface area contributed by atoms with Gasteiger partial charge in [-0.2, -0.15) is 0 Å². The fourth-order valence-corrected chi connectivity index (χ4v) is 11.9. The lowest BCUT2D eigenvalue weighted by atomic mass is 10.0. The minimum Gasteiger partial charge on any atom is -0.462 e. The number of ether oxygens (including phenoxy) is 4. The van der Waals surface area contributed by atoms with E-state index in [0.717, 1.165) is 116 Å². The molecular formula is C73H138N4O10S2. The molecule has 0 aliphatic rings. The first-order chi connectivity index (χ1) is 43.2. The zero-order valence-corrected chi connectivity index (χ0v) is 60.8. The maximum absolute atomic E-state index is 13.2. The molecule has 522 valence electrons. The average molecular weight is 1300 g/mol. The zero-order chi connectivity index (χ0) is 66.1. The quantitative estimate of drug-likeness (QED) is 0.0246. The van der Waals surface area contributed by atoms with Gasteiger partial charge in [-0.05, 0) is 136 Å². The Labute approximate surface area is 555 Å². The molecular weight excluding hydrogens is 1160 g/mol. The lowest BCUT2D eigenvalue weighted by Gasteiger charge is -2.24. The fraction of sp³-hybridized carbons (Fsp3) is 0.863. The molecule has 0 aromatic carbocycles. The molecule has 0 fully saturated rings. The predicted molar refractivity (Wildman–Crippen MR) is 379 cm³/mol. The van der Waals surface area contributed by atoms with Crippen molar-refractivity contribution in [2.75, 3.05) is 91.2 Å². The summed E-state index contributed by atoms with van der Waals surface area (Å²) in [5.74, 6) is 0.391. The molecule has 16 heteroatoms. The average Bonchev–Trinajstić information content (AvgIpc) is 3.57. The molecule has 14 nitrogen and oxygen atoms in total. The van der Waals surface area contributed by atoms with Gasteiger partial charge in [-0.15, -0.1) is 0 Å². The summed E-state index contributed by atoms with van der Waals surface area (Å²) < 4.78 is 22.6. The van der Waals surface area contributed by atoms with Crippen LogP contribution in [0.25, 0.3) is 0 Å². The van der Waals surface area contributed by atoms with Crippen molar-refractivity contribution in [1.82, 2.24) is 19.6 Å². The van der Waals surface area contributed by atoms with Gasteiger partial charge in [-0.25, -0.2) is 0 Å². The number of rotatable bonds is 61. The Morgan fingerprint density at radius 1 is 0.360 bits per heavy atom. The van der Waals surface area contributed by atoms with Crippen LogP contribution in [-0.2, 0) is 38.1 Å². The summed E-state index contributed by atoms with van der Waals surface area (Å²) >= 11 is 2.56. The fourth-order valence-electron chi connectivity index (χ4n) is 10.1. The van der Waals surface area contributed by atoms with Crippen LogP contribution in [0.3, 0.4) is 0 Å². The van der Waals surface area contributed by atoms with Gasteiger partial charge in [0.1, 0.15) is 32.0 Å². The van der Waals surface area contributed by atoms with Crippen LogP contribution in [0.15, 0.2) is 24.3 Å². The van der Waals surface area contributed by atoms with E-state index in [1.807, 2.05) is 26.2 Å². The molecule has 0 unspecified atom stereocenters. The van der Waals surface area contributed by atoms with Crippen LogP contribution >= 0.6 is 23.5 Å². The van der Waals surface area contributed by atoms with Gasteiger partial charge in [0, 0.05) is 56.9 Å². The molecule has 0 atom stereocenters. The molecule has 0 saturated carbocycles. The van der Waals surface area contributed by atoms with Gasteiger partial charge in [0.15, 0.2) is 0 Å². The highest BCUT2D eigenvalue weighted by Gasteiger charge is 2.23. The molecule has 2 amide bonds. The Balaban J connectivity index is 0. The van der Waals surface area contributed by atoms with Crippen LogP contribution in [0.1, 0.15) is 306 Å². The van der Waals surface area contributed by atoms with E-state index in [9.17, 15) is 28.8 Å². The Morgan fingerprint density at radius 3 is 1.13 bits per heavy atom. The van der Waals surface area contributed by atoms with Crippen LogP contribution in [0.4, 0.5) is 9.59 Å². The van der Waals surface area contributed by atoms with Crippen molar-refractivity contribution < 1.29 is 47.7 Å². The summed E-state index contributed by atoms with van der Waals surface area (Å²) in [6.45, 7) is 23.1. The summed E-state index contributed by atoms with van der Waals surface area (Å²) in [7, 11) is 3.98. The molecule has 89 heavy (non-hydrogen) atoms. The van der Waals surface area contributed by atoms with Crippen molar-refractivity contribution in [3.05, 3.63) is 24.3 Å². The van der Waals surface area contributed by atoms with E-state index in [0.29, 0.717) is 63.4 Å². The summed E-state index contributed by atoms with van der Waals surface area (Å²) in [5.41, 5.74) is 0. The first kappa shape index (κ1) is 88.0. The second-order valence-corrected chi connectivity index (χ2v) is 26.6. The van der Waals surface area contributed by atoms with Crippen LogP contribution in [0, 0.1) is 0 Å². The van der Waals surface area contributed by atoms with Gasteiger partial charge >= 0.3 is 23.9 Å². The van der Waals surface area contributed by atoms with Crippen molar-refractivity contribution in [3.63, 3.8) is 0 Å². The molecule has 0 N–H and O–H groups in total. The van der Waals surface area contributed by atoms with E-state index >= 15 is 0 Å². The molecule has 0 radical (unpaired) electrons. The molecule has 0 bridgehead atoms.